The fourth-order valence-electron chi connectivity index (χ4n) is 2.58. The zero-order valence-electron chi connectivity index (χ0n) is 10.3. The van der Waals surface area contributed by atoms with Crippen molar-refractivity contribution < 1.29 is 4.79 Å². The number of carbonyl (C=O) groups excluding carboxylic acids is 1. The first-order valence-corrected chi connectivity index (χ1v) is 6.38. The summed E-state index contributed by atoms with van der Waals surface area (Å²) < 4.78 is 0. The van der Waals surface area contributed by atoms with Crippen molar-refractivity contribution in [3.63, 3.8) is 0 Å². The van der Waals surface area contributed by atoms with Gasteiger partial charge in [0, 0.05) is 5.56 Å². The second-order valence-electron chi connectivity index (χ2n) is 4.79. The first-order valence-electron chi connectivity index (χ1n) is 6.38. The van der Waals surface area contributed by atoms with Crippen molar-refractivity contribution in [2.75, 3.05) is 0 Å². The molecule has 1 aliphatic rings. The van der Waals surface area contributed by atoms with E-state index in [-0.39, 0.29) is 5.78 Å². The molecule has 1 nitrogen and oxygen atoms in total. The van der Waals surface area contributed by atoms with Crippen molar-refractivity contribution in [2.45, 2.75) is 52.4 Å². The lowest BCUT2D eigenvalue weighted by Gasteiger charge is -2.10. The molecular formula is C15H20O. The predicted octanol–water partition coefficient (Wildman–Crippen LogP) is 3.72. The van der Waals surface area contributed by atoms with E-state index in [2.05, 4.69) is 19.1 Å². The molecule has 0 saturated carbocycles. The number of carbonyl (C=O) groups is 1. The molecule has 0 amide bonds. The van der Waals surface area contributed by atoms with Gasteiger partial charge in [-0.05, 0) is 61.8 Å². The molecule has 0 atom stereocenters. The highest BCUT2D eigenvalue weighted by atomic mass is 16.1. The molecule has 0 fully saturated rings. The van der Waals surface area contributed by atoms with E-state index in [0.29, 0.717) is 0 Å². The Hall–Kier alpha value is -1.11. The van der Waals surface area contributed by atoms with E-state index in [4.69, 9.17) is 0 Å². The molecule has 0 saturated heterocycles. The van der Waals surface area contributed by atoms with Crippen LogP contribution in [0.3, 0.4) is 0 Å². The van der Waals surface area contributed by atoms with Gasteiger partial charge in [-0.3, -0.25) is 4.79 Å². The number of benzene rings is 1. The Bertz CT molecular complexity index is 404. The van der Waals surface area contributed by atoms with E-state index in [9.17, 15) is 4.79 Å². The lowest BCUT2D eigenvalue weighted by Crippen LogP contribution is -2.02. The van der Waals surface area contributed by atoms with Crippen molar-refractivity contribution in [1.29, 1.82) is 0 Å². The van der Waals surface area contributed by atoms with Gasteiger partial charge in [0.15, 0.2) is 5.78 Å². The molecule has 1 aromatic rings. The van der Waals surface area contributed by atoms with E-state index >= 15 is 0 Å². The zero-order chi connectivity index (χ0) is 11.5. The summed E-state index contributed by atoms with van der Waals surface area (Å²) in [5.41, 5.74) is 5.13. The Morgan fingerprint density at radius 2 is 1.94 bits per heavy atom. The van der Waals surface area contributed by atoms with Gasteiger partial charge in [0.05, 0.1) is 0 Å². The normalized spacial score (nSPS) is 13.9. The summed E-state index contributed by atoms with van der Waals surface area (Å²) in [5, 5.41) is 0. The molecule has 0 N–H and O–H groups in total. The van der Waals surface area contributed by atoms with Gasteiger partial charge in [0.25, 0.3) is 0 Å². The van der Waals surface area contributed by atoms with Gasteiger partial charge in [-0.25, -0.2) is 0 Å². The monoisotopic (exact) mass is 216 g/mol. The van der Waals surface area contributed by atoms with E-state index < -0.39 is 0 Å². The van der Waals surface area contributed by atoms with Gasteiger partial charge in [0.2, 0.25) is 0 Å². The molecule has 0 bridgehead atoms. The second-order valence-corrected chi connectivity index (χ2v) is 4.79. The lowest BCUT2D eigenvalue weighted by atomic mass is 9.94. The van der Waals surface area contributed by atoms with Gasteiger partial charge in [-0.1, -0.05) is 19.4 Å². The summed E-state index contributed by atoms with van der Waals surface area (Å²) in [6, 6.07) is 4.43. The molecule has 16 heavy (non-hydrogen) atoms. The van der Waals surface area contributed by atoms with Gasteiger partial charge >= 0.3 is 0 Å². The van der Waals surface area contributed by atoms with Crippen LogP contribution in [0.15, 0.2) is 12.1 Å². The maximum atomic E-state index is 11.6. The number of fused-ring (bicyclic) bond motifs is 1. The largest absolute Gasteiger partial charge is 0.295 e. The number of unbranched alkanes of at least 4 members (excludes halogenated alkanes) is 1. The number of rotatable bonds is 4. The molecule has 2 rings (SSSR count). The van der Waals surface area contributed by atoms with Crippen LogP contribution in [0.2, 0.25) is 0 Å². The standard InChI is InChI=1S/C15H20O/c1-3-4-6-14-9-12-7-5-8-13(12)10-15(14)11(2)16/h9-10H,3-8H2,1-2H3. The zero-order valence-corrected chi connectivity index (χ0v) is 10.3. The van der Waals surface area contributed by atoms with Crippen LogP contribution in [0.5, 0.6) is 0 Å². The Kier molecular flexibility index (Phi) is 3.42. The summed E-state index contributed by atoms with van der Waals surface area (Å²) in [6.07, 6.45) is 7.03. The Balaban J connectivity index is 2.36. The summed E-state index contributed by atoms with van der Waals surface area (Å²) in [6.45, 7) is 3.88. The summed E-state index contributed by atoms with van der Waals surface area (Å²) in [5.74, 6) is 0.223. The van der Waals surface area contributed by atoms with Gasteiger partial charge < -0.3 is 0 Å². The number of aryl methyl sites for hydroxylation is 3. The SMILES string of the molecule is CCCCc1cc2c(cc1C(C)=O)CCC2. The number of Topliss-reactive ketones (excluding diaryl/α,β-unsaturated/α-hetero) is 1. The molecule has 1 aliphatic carbocycles. The Labute approximate surface area is 97.9 Å². The lowest BCUT2D eigenvalue weighted by molar-refractivity contribution is 0.101. The van der Waals surface area contributed by atoms with E-state index in [1.165, 1.54) is 42.4 Å². The van der Waals surface area contributed by atoms with Gasteiger partial charge in [0.1, 0.15) is 0 Å². The highest BCUT2D eigenvalue weighted by Gasteiger charge is 2.16. The van der Waals surface area contributed by atoms with Crippen molar-refractivity contribution in [2.24, 2.45) is 0 Å². The van der Waals surface area contributed by atoms with Crippen LogP contribution in [-0.4, -0.2) is 5.78 Å². The van der Waals surface area contributed by atoms with Crippen LogP contribution in [0.4, 0.5) is 0 Å². The van der Waals surface area contributed by atoms with Crippen molar-refractivity contribution in [1.82, 2.24) is 0 Å². The fraction of sp³-hybridized carbons (Fsp3) is 0.533. The topological polar surface area (TPSA) is 17.1 Å². The quantitative estimate of drug-likeness (QED) is 0.701. The van der Waals surface area contributed by atoms with E-state index in [1.807, 2.05) is 0 Å². The number of hydrogen-bond acceptors (Lipinski definition) is 1. The van der Waals surface area contributed by atoms with Crippen LogP contribution in [0.1, 0.15) is 60.2 Å². The minimum absolute atomic E-state index is 0.223. The first-order chi connectivity index (χ1) is 7.72. The van der Waals surface area contributed by atoms with Crippen molar-refractivity contribution in [3.05, 3.63) is 34.4 Å². The third-order valence-corrected chi connectivity index (χ3v) is 3.50. The minimum Gasteiger partial charge on any atom is -0.295 e. The molecule has 1 aromatic carbocycles. The van der Waals surface area contributed by atoms with E-state index in [0.717, 1.165) is 18.4 Å². The van der Waals surface area contributed by atoms with Gasteiger partial charge in [-0.2, -0.15) is 0 Å². The molecule has 0 aliphatic heterocycles. The predicted molar refractivity (Wildman–Crippen MR) is 67.1 cm³/mol. The minimum atomic E-state index is 0.223. The summed E-state index contributed by atoms with van der Waals surface area (Å²) >= 11 is 0. The van der Waals surface area contributed by atoms with Crippen molar-refractivity contribution >= 4 is 5.78 Å². The third-order valence-electron chi connectivity index (χ3n) is 3.50. The van der Waals surface area contributed by atoms with Crippen LogP contribution in [0, 0.1) is 0 Å². The number of hydrogen-bond donors (Lipinski definition) is 0. The average Bonchev–Trinajstić information content (AvgIpc) is 2.71. The molecule has 0 spiro atoms. The van der Waals surface area contributed by atoms with Crippen LogP contribution in [0.25, 0.3) is 0 Å². The van der Waals surface area contributed by atoms with Crippen LogP contribution in [-0.2, 0) is 19.3 Å². The van der Waals surface area contributed by atoms with Crippen molar-refractivity contribution in [3.8, 4) is 0 Å². The van der Waals surface area contributed by atoms with Gasteiger partial charge in [-0.15, -0.1) is 0 Å². The second kappa shape index (κ2) is 4.82. The molecule has 86 valence electrons. The molecule has 0 radical (unpaired) electrons. The molecule has 1 heteroatoms. The highest BCUT2D eigenvalue weighted by Crippen LogP contribution is 2.26. The van der Waals surface area contributed by atoms with Crippen LogP contribution < -0.4 is 0 Å². The fourth-order valence-corrected chi connectivity index (χ4v) is 2.58. The number of ketones is 1. The summed E-state index contributed by atoms with van der Waals surface area (Å²) in [4.78, 5) is 11.6. The molecular weight excluding hydrogens is 196 g/mol. The van der Waals surface area contributed by atoms with Crippen LogP contribution >= 0.6 is 0 Å². The summed E-state index contributed by atoms with van der Waals surface area (Å²) in [7, 11) is 0. The molecule has 0 aromatic heterocycles. The Morgan fingerprint density at radius 3 is 2.56 bits per heavy atom. The molecule has 0 unspecified atom stereocenters. The smallest absolute Gasteiger partial charge is 0.160 e. The maximum absolute atomic E-state index is 11.6. The maximum Gasteiger partial charge on any atom is 0.160 e. The average molecular weight is 216 g/mol. The van der Waals surface area contributed by atoms with E-state index in [1.54, 1.807) is 6.92 Å². The first kappa shape index (κ1) is 11.4. The third kappa shape index (κ3) is 2.18. The highest BCUT2D eigenvalue weighted by molar-refractivity contribution is 5.96. The molecule has 0 heterocycles. The Morgan fingerprint density at radius 1 is 1.25 bits per heavy atom.